The van der Waals surface area contributed by atoms with E-state index >= 15 is 0 Å². The van der Waals surface area contributed by atoms with Crippen molar-refractivity contribution in [3.05, 3.63) is 35.9 Å². The maximum Gasteiger partial charge on any atom is 0.390 e. The van der Waals surface area contributed by atoms with E-state index in [-0.39, 0.29) is 18.9 Å². The predicted octanol–water partition coefficient (Wildman–Crippen LogP) is 3.86. The third-order valence-electron chi connectivity index (χ3n) is 4.57. The molecule has 1 fully saturated rings. The molecule has 1 aromatic carbocycles. The molecular formula is C18H22F3NO3. The van der Waals surface area contributed by atoms with Crippen molar-refractivity contribution < 1.29 is 27.9 Å². The number of amides is 1. The molecule has 2 rings (SSSR count). The van der Waals surface area contributed by atoms with Crippen LogP contribution in [0.15, 0.2) is 30.3 Å². The van der Waals surface area contributed by atoms with Crippen LogP contribution >= 0.6 is 0 Å². The maximum absolute atomic E-state index is 12.8. The van der Waals surface area contributed by atoms with E-state index in [0.717, 1.165) is 5.56 Å². The van der Waals surface area contributed by atoms with E-state index in [1.54, 1.807) is 30.3 Å². The van der Waals surface area contributed by atoms with Gasteiger partial charge in [-0.15, -0.1) is 0 Å². The lowest BCUT2D eigenvalue weighted by Crippen LogP contribution is -2.40. The van der Waals surface area contributed by atoms with Gasteiger partial charge in [-0.1, -0.05) is 36.8 Å². The van der Waals surface area contributed by atoms with Gasteiger partial charge in [-0.2, -0.15) is 13.2 Å². The molecule has 1 aliphatic carbocycles. The number of alkyl halides is 3. The van der Waals surface area contributed by atoms with Crippen LogP contribution in [0.3, 0.4) is 0 Å². The van der Waals surface area contributed by atoms with Crippen LogP contribution in [0.5, 0.6) is 0 Å². The number of hydrogen-bond donors (Lipinski definition) is 1. The molecule has 25 heavy (non-hydrogen) atoms. The SMILES string of the molecule is O=C(O)C1CCCC(C(=O)N(CCC(F)(F)F)Cc2ccccc2)C1. The molecule has 0 spiro atoms. The number of carbonyl (C=O) groups is 2. The van der Waals surface area contributed by atoms with E-state index < -0.39 is 36.9 Å². The lowest BCUT2D eigenvalue weighted by molar-refractivity contribution is -0.150. The lowest BCUT2D eigenvalue weighted by atomic mass is 9.80. The molecule has 0 bridgehead atoms. The molecule has 0 aliphatic heterocycles. The summed E-state index contributed by atoms with van der Waals surface area (Å²) in [6.45, 7) is -0.310. The summed E-state index contributed by atoms with van der Waals surface area (Å²) in [5.74, 6) is -2.43. The van der Waals surface area contributed by atoms with Gasteiger partial charge >= 0.3 is 12.1 Å². The van der Waals surface area contributed by atoms with Crippen LogP contribution in [0.2, 0.25) is 0 Å². The van der Waals surface area contributed by atoms with Gasteiger partial charge in [0.15, 0.2) is 0 Å². The Bertz CT molecular complexity index is 589. The Balaban J connectivity index is 2.09. The summed E-state index contributed by atoms with van der Waals surface area (Å²) in [6.07, 6.45) is -3.57. The largest absolute Gasteiger partial charge is 0.481 e. The molecule has 1 amide bonds. The van der Waals surface area contributed by atoms with Crippen LogP contribution in [-0.4, -0.2) is 34.6 Å². The van der Waals surface area contributed by atoms with Gasteiger partial charge in [0, 0.05) is 19.0 Å². The number of benzene rings is 1. The summed E-state index contributed by atoms with van der Waals surface area (Å²) in [6, 6.07) is 8.85. The minimum absolute atomic E-state index is 0.101. The fourth-order valence-corrected chi connectivity index (χ4v) is 3.23. The highest BCUT2D eigenvalue weighted by molar-refractivity contribution is 5.80. The standard InChI is InChI=1S/C18H22F3NO3/c19-18(20,21)9-10-22(12-13-5-2-1-3-6-13)16(23)14-7-4-8-15(11-14)17(24)25/h1-3,5-6,14-15H,4,7-12H2,(H,24,25). The first kappa shape index (κ1) is 19.3. The van der Waals surface area contributed by atoms with Gasteiger partial charge in [-0.25, -0.2) is 0 Å². The van der Waals surface area contributed by atoms with Gasteiger partial charge in [0.25, 0.3) is 0 Å². The summed E-state index contributed by atoms with van der Waals surface area (Å²) in [5.41, 5.74) is 0.753. The molecule has 1 aromatic rings. The van der Waals surface area contributed by atoms with E-state index in [4.69, 9.17) is 5.11 Å². The molecule has 1 saturated carbocycles. The molecule has 7 heteroatoms. The van der Waals surface area contributed by atoms with Crippen LogP contribution in [0.25, 0.3) is 0 Å². The quantitative estimate of drug-likeness (QED) is 0.841. The number of rotatable bonds is 6. The molecule has 0 saturated heterocycles. The van der Waals surface area contributed by atoms with E-state index in [0.29, 0.717) is 19.3 Å². The fourth-order valence-electron chi connectivity index (χ4n) is 3.23. The molecule has 2 atom stereocenters. The van der Waals surface area contributed by atoms with Crippen molar-refractivity contribution in [2.75, 3.05) is 6.54 Å². The number of hydrogen-bond acceptors (Lipinski definition) is 2. The fraction of sp³-hybridized carbons (Fsp3) is 0.556. The van der Waals surface area contributed by atoms with Gasteiger partial charge < -0.3 is 10.0 Å². The van der Waals surface area contributed by atoms with Gasteiger partial charge in [-0.3, -0.25) is 9.59 Å². The summed E-state index contributed by atoms with van der Waals surface area (Å²) in [7, 11) is 0. The summed E-state index contributed by atoms with van der Waals surface area (Å²) in [4.78, 5) is 25.1. The molecule has 1 aliphatic rings. The smallest absolute Gasteiger partial charge is 0.390 e. The van der Waals surface area contributed by atoms with Gasteiger partial charge in [0.05, 0.1) is 12.3 Å². The van der Waals surface area contributed by atoms with Crippen LogP contribution in [-0.2, 0) is 16.1 Å². The lowest BCUT2D eigenvalue weighted by Gasteiger charge is -2.31. The Morgan fingerprint density at radius 2 is 1.76 bits per heavy atom. The van der Waals surface area contributed by atoms with Crippen LogP contribution in [0, 0.1) is 11.8 Å². The second-order valence-electron chi connectivity index (χ2n) is 6.51. The van der Waals surface area contributed by atoms with E-state index in [2.05, 4.69) is 0 Å². The molecular weight excluding hydrogens is 335 g/mol. The normalized spacial score (nSPS) is 20.9. The maximum atomic E-state index is 12.8. The number of halogens is 3. The van der Waals surface area contributed by atoms with E-state index in [1.165, 1.54) is 4.90 Å². The summed E-state index contributed by atoms with van der Waals surface area (Å²) in [5, 5.41) is 9.15. The minimum atomic E-state index is -4.34. The second-order valence-corrected chi connectivity index (χ2v) is 6.51. The van der Waals surface area contributed by atoms with Crippen LogP contribution in [0.4, 0.5) is 13.2 Å². The zero-order valence-corrected chi connectivity index (χ0v) is 13.8. The topological polar surface area (TPSA) is 57.6 Å². The first-order valence-corrected chi connectivity index (χ1v) is 8.38. The first-order chi connectivity index (χ1) is 11.8. The second kappa shape index (κ2) is 8.36. The van der Waals surface area contributed by atoms with Gasteiger partial charge in [0.1, 0.15) is 0 Å². The Kier molecular flexibility index (Phi) is 6.45. The Hall–Kier alpha value is -2.05. The molecule has 0 aromatic heterocycles. The van der Waals surface area contributed by atoms with E-state index in [1.807, 2.05) is 0 Å². The third kappa shape index (κ3) is 6.07. The highest BCUT2D eigenvalue weighted by Gasteiger charge is 2.35. The highest BCUT2D eigenvalue weighted by atomic mass is 19.4. The van der Waals surface area contributed by atoms with Crippen molar-refractivity contribution in [3.63, 3.8) is 0 Å². The Morgan fingerprint density at radius 1 is 1.12 bits per heavy atom. The highest BCUT2D eigenvalue weighted by Crippen LogP contribution is 2.31. The number of carbonyl (C=O) groups excluding carboxylic acids is 1. The first-order valence-electron chi connectivity index (χ1n) is 8.38. The third-order valence-corrected chi connectivity index (χ3v) is 4.57. The van der Waals surface area contributed by atoms with Gasteiger partial charge in [0.2, 0.25) is 5.91 Å². The molecule has 0 radical (unpaired) electrons. The molecule has 4 nitrogen and oxygen atoms in total. The van der Waals surface area contributed by atoms with Crippen molar-refractivity contribution in [2.45, 2.75) is 44.8 Å². The number of carboxylic acid groups (broad SMARTS) is 1. The average Bonchev–Trinajstić information content (AvgIpc) is 2.58. The molecule has 2 unspecified atom stereocenters. The molecule has 138 valence electrons. The number of aliphatic carboxylic acids is 1. The number of carboxylic acids is 1. The van der Waals surface area contributed by atoms with Crippen molar-refractivity contribution >= 4 is 11.9 Å². The molecule has 1 N–H and O–H groups in total. The van der Waals surface area contributed by atoms with Crippen molar-refractivity contribution in [1.82, 2.24) is 4.90 Å². The summed E-state index contributed by atoms with van der Waals surface area (Å²) < 4.78 is 37.8. The molecule has 0 heterocycles. The predicted molar refractivity (Wildman–Crippen MR) is 85.6 cm³/mol. The van der Waals surface area contributed by atoms with Crippen molar-refractivity contribution in [2.24, 2.45) is 11.8 Å². The zero-order chi connectivity index (χ0) is 18.4. The monoisotopic (exact) mass is 357 g/mol. The van der Waals surface area contributed by atoms with Crippen LogP contribution < -0.4 is 0 Å². The Labute approximate surface area is 144 Å². The average molecular weight is 357 g/mol. The van der Waals surface area contributed by atoms with Crippen molar-refractivity contribution in [1.29, 1.82) is 0 Å². The number of nitrogens with zero attached hydrogens (tertiary/aromatic N) is 1. The summed E-state index contributed by atoms with van der Waals surface area (Å²) >= 11 is 0. The van der Waals surface area contributed by atoms with E-state index in [9.17, 15) is 22.8 Å². The minimum Gasteiger partial charge on any atom is -0.481 e. The zero-order valence-electron chi connectivity index (χ0n) is 13.8. The van der Waals surface area contributed by atoms with Crippen LogP contribution in [0.1, 0.15) is 37.7 Å². The Morgan fingerprint density at radius 3 is 2.36 bits per heavy atom. The van der Waals surface area contributed by atoms with Crippen molar-refractivity contribution in [3.8, 4) is 0 Å². The van der Waals surface area contributed by atoms with Gasteiger partial charge in [-0.05, 0) is 24.8 Å².